The maximum atomic E-state index is 4.56. The molecule has 0 amide bonds. The molecule has 15 heavy (non-hydrogen) atoms. The summed E-state index contributed by atoms with van der Waals surface area (Å²) in [5.74, 6) is 0.946. The summed E-state index contributed by atoms with van der Waals surface area (Å²) in [4.78, 5) is 7.11. The smallest absolute Gasteiger partial charge is 0.186 e. The molecular formula is C11H15BrN2S. The van der Waals surface area contributed by atoms with Gasteiger partial charge in [0.05, 0.1) is 0 Å². The van der Waals surface area contributed by atoms with E-state index < -0.39 is 0 Å². The van der Waals surface area contributed by atoms with Crippen LogP contribution in [0.3, 0.4) is 0 Å². The van der Waals surface area contributed by atoms with Crippen molar-refractivity contribution in [3.05, 3.63) is 9.98 Å². The zero-order valence-electron chi connectivity index (χ0n) is 8.66. The average Bonchev–Trinajstić information content (AvgIpc) is 2.84. The molecule has 1 aromatic heterocycles. The second kappa shape index (κ2) is 4.06. The van der Waals surface area contributed by atoms with Crippen LogP contribution in [-0.4, -0.2) is 17.6 Å². The molecule has 1 aromatic rings. The van der Waals surface area contributed by atoms with E-state index >= 15 is 0 Å². The fourth-order valence-corrected chi connectivity index (χ4v) is 4.40. The Balaban J connectivity index is 1.85. The first-order valence-electron chi connectivity index (χ1n) is 5.72. The Morgan fingerprint density at radius 2 is 2.20 bits per heavy atom. The van der Waals surface area contributed by atoms with E-state index in [1.54, 1.807) is 11.3 Å². The van der Waals surface area contributed by atoms with Crippen molar-refractivity contribution in [3.63, 3.8) is 0 Å². The van der Waals surface area contributed by atoms with Crippen molar-refractivity contribution < 1.29 is 0 Å². The van der Waals surface area contributed by atoms with E-state index in [9.17, 15) is 0 Å². The molecule has 1 saturated carbocycles. The van der Waals surface area contributed by atoms with Gasteiger partial charge >= 0.3 is 0 Å². The van der Waals surface area contributed by atoms with Crippen LogP contribution >= 0.6 is 27.3 Å². The summed E-state index contributed by atoms with van der Waals surface area (Å²) in [6.07, 6.45) is 7.01. The summed E-state index contributed by atoms with van der Waals surface area (Å²) >= 11 is 5.22. The zero-order chi connectivity index (χ0) is 10.3. The Morgan fingerprint density at radius 3 is 3.00 bits per heavy atom. The number of aromatic nitrogens is 1. The molecule has 82 valence electrons. The van der Waals surface area contributed by atoms with E-state index in [1.807, 2.05) is 0 Å². The summed E-state index contributed by atoms with van der Waals surface area (Å²) in [7, 11) is 0. The van der Waals surface area contributed by atoms with Gasteiger partial charge in [-0.15, -0.1) is 11.3 Å². The normalized spacial score (nSPS) is 30.6. The van der Waals surface area contributed by atoms with Gasteiger partial charge in [0.15, 0.2) is 5.13 Å². The fraction of sp³-hybridized carbons (Fsp3) is 0.727. The number of piperidine rings is 1. The first-order valence-corrected chi connectivity index (χ1v) is 7.39. The third-order valence-corrected chi connectivity index (χ3v) is 5.29. The number of anilines is 1. The summed E-state index contributed by atoms with van der Waals surface area (Å²) in [6, 6.07) is 0.789. The maximum Gasteiger partial charge on any atom is 0.186 e. The first kappa shape index (κ1) is 10.1. The van der Waals surface area contributed by atoms with E-state index in [1.165, 1.54) is 43.8 Å². The van der Waals surface area contributed by atoms with E-state index in [0.29, 0.717) is 0 Å². The van der Waals surface area contributed by atoms with Crippen molar-refractivity contribution >= 4 is 32.4 Å². The van der Waals surface area contributed by atoms with Crippen LogP contribution in [0.1, 0.15) is 32.1 Å². The van der Waals surface area contributed by atoms with Gasteiger partial charge in [-0.3, -0.25) is 0 Å². The number of halogens is 1. The molecule has 4 heteroatoms. The standard InChI is InChI=1S/C11H15BrN2S/c12-10-7-15-11(13-10)14-6-2-4-8-3-1-5-9(8)14/h7-9H,1-6H2. The van der Waals surface area contributed by atoms with Crippen LogP contribution < -0.4 is 4.90 Å². The van der Waals surface area contributed by atoms with Gasteiger partial charge in [0.2, 0.25) is 0 Å². The van der Waals surface area contributed by atoms with Gasteiger partial charge in [-0.2, -0.15) is 0 Å². The Hall–Kier alpha value is -0.0900. The van der Waals surface area contributed by atoms with Crippen LogP contribution in [0, 0.1) is 5.92 Å². The number of hydrogen-bond acceptors (Lipinski definition) is 3. The summed E-state index contributed by atoms with van der Waals surface area (Å²) < 4.78 is 0.989. The van der Waals surface area contributed by atoms with Gasteiger partial charge in [-0.1, -0.05) is 6.42 Å². The van der Waals surface area contributed by atoms with Gasteiger partial charge < -0.3 is 4.90 Å². The third kappa shape index (κ3) is 1.82. The second-order valence-electron chi connectivity index (χ2n) is 4.55. The van der Waals surface area contributed by atoms with Crippen LogP contribution in [0.15, 0.2) is 9.98 Å². The highest BCUT2D eigenvalue weighted by Gasteiger charge is 2.35. The zero-order valence-corrected chi connectivity index (χ0v) is 11.1. The van der Waals surface area contributed by atoms with E-state index in [4.69, 9.17) is 0 Å². The molecule has 0 spiro atoms. The molecule has 2 nitrogen and oxygen atoms in total. The second-order valence-corrected chi connectivity index (χ2v) is 6.20. The van der Waals surface area contributed by atoms with Gasteiger partial charge in [-0.05, 0) is 47.5 Å². The Bertz CT molecular complexity index is 352. The van der Waals surface area contributed by atoms with Crippen LogP contribution in [0.4, 0.5) is 5.13 Å². The molecule has 0 aromatic carbocycles. The SMILES string of the molecule is Brc1csc(N2CCCC3CCCC32)n1. The van der Waals surface area contributed by atoms with Gasteiger partial charge in [0.1, 0.15) is 4.60 Å². The number of nitrogens with zero attached hydrogens (tertiary/aromatic N) is 2. The van der Waals surface area contributed by atoms with E-state index in [2.05, 4.69) is 31.2 Å². The molecule has 2 aliphatic rings. The van der Waals surface area contributed by atoms with Gasteiger partial charge in [-0.25, -0.2) is 4.98 Å². The van der Waals surface area contributed by atoms with Crippen molar-refractivity contribution in [2.45, 2.75) is 38.1 Å². The highest BCUT2D eigenvalue weighted by molar-refractivity contribution is 9.10. The molecule has 2 fully saturated rings. The van der Waals surface area contributed by atoms with Crippen molar-refractivity contribution in [2.75, 3.05) is 11.4 Å². The highest BCUT2D eigenvalue weighted by Crippen LogP contribution is 2.40. The summed E-state index contributed by atoms with van der Waals surface area (Å²) in [5, 5.41) is 3.31. The lowest BCUT2D eigenvalue weighted by Crippen LogP contribution is -2.42. The first-order chi connectivity index (χ1) is 7.34. The van der Waals surface area contributed by atoms with Crippen LogP contribution in [0.25, 0.3) is 0 Å². The molecule has 0 radical (unpaired) electrons. The predicted molar refractivity (Wildman–Crippen MR) is 67.5 cm³/mol. The van der Waals surface area contributed by atoms with Crippen molar-refractivity contribution in [1.29, 1.82) is 0 Å². The van der Waals surface area contributed by atoms with Crippen molar-refractivity contribution in [2.24, 2.45) is 5.92 Å². The van der Waals surface area contributed by atoms with Crippen molar-refractivity contribution in [3.8, 4) is 0 Å². The van der Waals surface area contributed by atoms with Crippen LogP contribution in [0.5, 0.6) is 0 Å². The minimum absolute atomic E-state index is 0.789. The monoisotopic (exact) mass is 286 g/mol. The predicted octanol–water partition coefficient (Wildman–Crippen LogP) is 3.67. The van der Waals surface area contributed by atoms with Crippen molar-refractivity contribution in [1.82, 2.24) is 4.98 Å². The minimum atomic E-state index is 0.789. The number of fused-ring (bicyclic) bond motifs is 1. The molecule has 1 saturated heterocycles. The molecular weight excluding hydrogens is 272 g/mol. The lowest BCUT2D eigenvalue weighted by atomic mass is 9.92. The van der Waals surface area contributed by atoms with Gasteiger partial charge in [0.25, 0.3) is 0 Å². The minimum Gasteiger partial charge on any atom is -0.345 e. The van der Waals surface area contributed by atoms with Crippen LogP contribution in [-0.2, 0) is 0 Å². The molecule has 0 bridgehead atoms. The summed E-state index contributed by atoms with van der Waals surface area (Å²) in [5.41, 5.74) is 0. The molecule has 2 heterocycles. The largest absolute Gasteiger partial charge is 0.345 e. The van der Waals surface area contributed by atoms with E-state index in [-0.39, 0.29) is 0 Å². The van der Waals surface area contributed by atoms with Gasteiger partial charge in [0, 0.05) is 18.0 Å². The number of rotatable bonds is 1. The Morgan fingerprint density at radius 1 is 1.33 bits per heavy atom. The van der Waals surface area contributed by atoms with E-state index in [0.717, 1.165) is 16.6 Å². The highest BCUT2D eigenvalue weighted by atomic mass is 79.9. The third-order valence-electron chi connectivity index (χ3n) is 3.70. The number of hydrogen-bond donors (Lipinski definition) is 0. The van der Waals surface area contributed by atoms with Crippen LogP contribution in [0.2, 0.25) is 0 Å². The Kier molecular flexibility index (Phi) is 2.73. The topological polar surface area (TPSA) is 16.1 Å². The molecule has 1 aliphatic heterocycles. The summed E-state index contributed by atoms with van der Waals surface area (Å²) in [6.45, 7) is 1.21. The lowest BCUT2D eigenvalue weighted by Gasteiger charge is -2.37. The quantitative estimate of drug-likeness (QED) is 0.783. The number of thiazole rings is 1. The lowest BCUT2D eigenvalue weighted by molar-refractivity contribution is 0.362. The average molecular weight is 287 g/mol. The molecule has 3 rings (SSSR count). The maximum absolute atomic E-state index is 4.56. The molecule has 2 atom stereocenters. The Labute approximate surface area is 103 Å². The molecule has 2 unspecified atom stereocenters. The molecule has 1 aliphatic carbocycles. The fourth-order valence-electron chi connectivity index (χ4n) is 3.07. The molecule has 0 N–H and O–H groups in total.